The van der Waals surface area contributed by atoms with Crippen molar-refractivity contribution in [3.63, 3.8) is 0 Å². The molecule has 2 aromatic rings. The summed E-state index contributed by atoms with van der Waals surface area (Å²) in [5.74, 6) is 1.97. The van der Waals surface area contributed by atoms with E-state index in [1.165, 1.54) is 0 Å². The average Bonchev–Trinajstić information content (AvgIpc) is 2.82. The summed E-state index contributed by atoms with van der Waals surface area (Å²) in [6.45, 7) is 4.13. The number of halogens is 1. The third kappa shape index (κ3) is 4.22. The van der Waals surface area contributed by atoms with Crippen molar-refractivity contribution >= 4 is 15.9 Å². The van der Waals surface area contributed by atoms with Gasteiger partial charge in [-0.05, 0) is 53.9 Å². The van der Waals surface area contributed by atoms with Crippen LogP contribution in [0.4, 0.5) is 0 Å². The zero-order chi connectivity index (χ0) is 15.4. The van der Waals surface area contributed by atoms with Gasteiger partial charge in [-0.2, -0.15) is 0 Å². The number of ether oxygens (including phenoxy) is 2. The van der Waals surface area contributed by atoms with Gasteiger partial charge in [0.15, 0.2) is 17.3 Å². The van der Waals surface area contributed by atoms with Gasteiger partial charge in [-0.25, -0.2) is 0 Å². The number of aryl methyl sites for hydroxylation is 1. The van der Waals surface area contributed by atoms with Gasteiger partial charge < -0.3 is 19.7 Å². The second-order valence-corrected chi connectivity index (χ2v) is 5.87. The highest BCUT2D eigenvalue weighted by molar-refractivity contribution is 9.10. The van der Waals surface area contributed by atoms with Gasteiger partial charge in [0.1, 0.15) is 6.61 Å². The molecule has 0 amide bonds. The van der Waals surface area contributed by atoms with Crippen molar-refractivity contribution in [3.05, 3.63) is 39.7 Å². The molecule has 1 aromatic heterocycles. The lowest BCUT2D eigenvalue weighted by molar-refractivity contribution is 0.237. The molecule has 6 heteroatoms. The van der Waals surface area contributed by atoms with Gasteiger partial charge in [-0.15, -0.1) is 0 Å². The van der Waals surface area contributed by atoms with E-state index in [1.54, 1.807) is 7.11 Å². The standard InChI is InChI=1S/C15H19BrN2O3/c1-9(17)4-11-6-13(16)15(14(7-11)19-3)20-8-12-5-10(2)18-21-12/h5-7,9H,4,8,17H2,1-3H3. The fraction of sp³-hybridized carbons (Fsp3) is 0.400. The summed E-state index contributed by atoms with van der Waals surface area (Å²) in [6, 6.07) is 5.86. The molecule has 0 spiro atoms. The molecule has 5 nitrogen and oxygen atoms in total. The summed E-state index contributed by atoms with van der Waals surface area (Å²) in [4.78, 5) is 0. The van der Waals surface area contributed by atoms with Crippen LogP contribution in [-0.4, -0.2) is 18.3 Å². The van der Waals surface area contributed by atoms with Crippen LogP contribution >= 0.6 is 15.9 Å². The normalized spacial score (nSPS) is 12.2. The lowest BCUT2D eigenvalue weighted by Crippen LogP contribution is -2.17. The van der Waals surface area contributed by atoms with Crippen LogP contribution in [0.2, 0.25) is 0 Å². The van der Waals surface area contributed by atoms with Crippen molar-refractivity contribution in [1.82, 2.24) is 5.16 Å². The lowest BCUT2D eigenvalue weighted by atomic mass is 10.1. The summed E-state index contributed by atoms with van der Waals surface area (Å²) in [5.41, 5.74) is 7.75. The van der Waals surface area contributed by atoms with E-state index in [2.05, 4.69) is 21.1 Å². The molecule has 1 aromatic carbocycles. The maximum absolute atomic E-state index is 5.83. The molecule has 1 unspecified atom stereocenters. The highest BCUT2D eigenvalue weighted by Crippen LogP contribution is 2.37. The van der Waals surface area contributed by atoms with Crippen molar-refractivity contribution in [2.75, 3.05) is 7.11 Å². The number of hydrogen-bond acceptors (Lipinski definition) is 5. The van der Waals surface area contributed by atoms with E-state index >= 15 is 0 Å². The smallest absolute Gasteiger partial charge is 0.176 e. The Balaban J connectivity index is 2.18. The summed E-state index contributed by atoms with van der Waals surface area (Å²) >= 11 is 3.52. The maximum Gasteiger partial charge on any atom is 0.176 e. The predicted octanol–water partition coefficient (Wildman–Crippen LogP) is 3.22. The zero-order valence-electron chi connectivity index (χ0n) is 12.4. The molecule has 0 aliphatic heterocycles. The van der Waals surface area contributed by atoms with Crippen LogP contribution in [0, 0.1) is 6.92 Å². The predicted molar refractivity (Wildman–Crippen MR) is 83.6 cm³/mol. The fourth-order valence-electron chi connectivity index (χ4n) is 2.03. The molecule has 0 saturated heterocycles. The Bertz CT molecular complexity index is 611. The van der Waals surface area contributed by atoms with Gasteiger partial charge in [0.2, 0.25) is 0 Å². The minimum absolute atomic E-state index is 0.0885. The molecule has 1 atom stereocenters. The Morgan fingerprint density at radius 3 is 2.71 bits per heavy atom. The number of rotatable bonds is 6. The molecule has 0 aliphatic rings. The molecular weight excluding hydrogens is 336 g/mol. The highest BCUT2D eigenvalue weighted by Gasteiger charge is 2.13. The number of nitrogens with zero attached hydrogens (tertiary/aromatic N) is 1. The summed E-state index contributed by atoms with van der Waals surface area (Å²) in [7, 11) is 1.61. The first kappa shape index (κ1) is 15.9. The van der Waals surface area contributed by atoms with E-state index in [0.717, 1.165) is 22.2 Å². The first-order valence-electron chi connectivity index (χ1n) is 6.66. The number of nitrogens with two attached hydrogens (primary N) is 1. The van der Waals surface area contributed by atoms with Gasteiger partial charge in [0.05, 0.1) is 17.3 Å². The van der Waals surface area contributed by atoms with E-state index in [0.29, 0.717) is 23.9 Å². The molecule has 2 rings (SSSR count). The highest BCUT2D eigenvalue weighted by atomic mass is 79.9. The van der Waals surface area contributed by atoms with Gasteiger partial charge in [0, 0.05) is 12.1 Å². The second-order valence-electron chi connectivity index (χ2n) is 5.01. The van der Waals surface area contributed by atoms with Crippen LogP contribution in [0.1, 0.15) is 23.9 Å². The van der Waals surface area contributed by atoms with Gasteiger partial charge >= 0.3 is 0 Å². The third-order valence-electron chi connectivity index (χ3n) is 2.88. The Hall–Kier alpha value is -1.53. The van der Waals surface area contributed by atoms with E-state index < -0.39 is 0 Å². The van der Waals surface area contributed by atoms with E-state index in [1.807, 2.05) is 32.0 Å². The number of methoxy groups -OCH3 is 1. The largest absolute Gasteiger partial charge is 0.493 e. The Morgan fingerprint density at radius 1 is 1.38 bits per heavy atom. The first-order chi connectivity index (χ1) is 9.99. The third-order valence-corrected chi connectivity index (χ3v) is 3.47. The van der Waals surface area contributed by atoms with E-state index in [4.69, 9.17) is 19.7 Å². The monoisotopic (exact) mass is 354 g/mol. The molecule has 0 radical (unpaired) electrons. The number of aromatic nitrogens is 1. The van der Waals surface area contributed by atoms with Crippen LogP contribution in [0.25, 0.3) is 0 Å². The topological polar surface area (TPSA) is 70.5 Å². The number of benzene rings is 1. The van der Waals surface area contributed by atoms with Crippen LogP contribution in [0.15, 0.2) is 27.2 Å². The summed E-state index contributed by atoms with van der Waals surface area (Å²) in [5, 5.41) is 3.83. The molecule has 0 fully saturated rings. The Labute approximate surface area is 132 Å². The molecule has 21 heavy (non-hydrogen) atoms. The Kier molecular flexibility index (Phi) is 5.25. The molecule has 0 bridgehead atoms. The van der Waals surface area contributed by atoms with Crippen LogP contribution in [-0.2, 0) is 13.0 Å². The maximum atomic E-state index is 5.83. The van der Waals surface area contributed by atoms with Crippen LogP contribution < -0.4 is 15.2 Å². The molecule has 0 saturated carbocycles. The molecule has 1 heterocycles. The van der Waals surface area contributed by atoms with E-state index in [-0.39, 0.29) is 6.04 Å². The zero-order valence-corrected chi connectivity index (χ0v) is 13.9. The average molecular weight is 355 g/mol. The molecular formula is C15H19BrN2O3. The lowest BCUT2D eigenvalue weighted by Gasteiger charge is -2.14. The minimum Gasteiger partial charge on any atom is -0.493 e. The summed E-state index contributed by atoms with van der Waals surface area (Å²) in [6.07, 6.45) is 0.774. The van der Waals surface area contributed by atoms with Crippen LogP contribution in [0.3, 0.4) is 0 Å². The van der Waals surface area contributed by atoms with Crippen molar-refractivity contribution in [3.8, 4) is 11.5 Å². The fourth-order valence-corrected chi connectivity index (χ4v) is 2.63. The van der Waals surface area contributed by atoms with Gasteiger partial charge in [-0.3, -0.25) is 0 Å². The van der Waals surface area contributed by atoms with Crippen molar-refractivity contribution in [1.29, 1.82) is 0 Å². The van der Waals surface area contributed by atoms with Crippen molar-refractivity contribution in [2.24, 2.45) is 5.73 Å². The van der Waals surface area contributed by atoms with Crippen molar-refractivity contribution in [2.45, 2.75) is 32.9 Å². The van der Waals surface area contributed by atoms with Crippen LogP contribution in [0.5, 0.6) is 11.5 Å². The SMILES string of the molecule is COc1cc(CC(C)N)cc(Br)c1OCc1cc(C)no1. The quantitative estimate of drug-likeness (QED) is 0.862. The van der Waals surface area contributed by atoms with Gasteiger partial charge in [0.25, 0.3) is 0 Å². The second kappa shape index (κ2) is 6.95. The van der Waals surface area contributed by atoms with Crippen molar-refractivity contribution < 1.29 is 14.0 Å². The Morgan fingerprint density at radius 2 is 2.14 bits per heavy atom. The molecule has 2 N–H and O–H groups in total. The molecule has 0 aliphatic carbocycles. The minimum atomic E-state index is 0.0885. The first-order valence-corrected chi connectivity index (χ1v) is 7.46. The van der Waals surface area contributed by atoms with Gasteiger partial charge in [-0.1, -0.05) is 5.16 Å². The number of hydrogen-bond donors (Lipinski definition) is 1. The molecule has 114 valence electrons. The summed E-state index contributed by atoms with van der Waals surface area (Å²) < 4.78 is 17.1. The van der Waals surface area contributed by atoms with E-state index in [9.17, 15) is 0 Å².